The molecule has 1 amide bonds. The van der Waals surface area contributed by atoms with E-state index in [9.17, 15) is 15.1 Å². The molecular weight excluding hydrogens is 636 g/mol. The minimum Gasteiger partial charge on any atom is -0.497 e. The average molecular weight is 673 g/mol. The topological polar surface area (TPSA) is 150 Å². The SMILES string of the molecule is COc1ccc(C(OC[C@H]2O[C@@H](n3cc(C)c(NC(=O)c4ccccc4)nc3=O)C[C@H]2N=[N+]=[N-])(c2ccccc2)c2ccc(OC)cc2)cc1. The summed E-state index contributed by atoms with van der Waals surface area (Å²) in [7, 11) is 3.22. The minimum atomic E-state index is -1.13. The molecule has 1 aliphatic rings. The quantitative estimate of drug-likeness (QED) is 0.0663. The molecule has 0 aliphatic carbocycles. The third-order valence-electron chi connectivity index (χ3n) is 8.75. The van der Waals surface area contributed by atoms with E-state index in [1.165, 1.54) is 4.57 Å². The van der Waals surface area contributed by atoms with Crippen molar-refractivity contribution in [3.05, 3.63) is 164 Å². The lowest BCUT2D eigenvalue weighted by Crippen LogP contribution is -2.37. The fourth-order valence-electron chi connectivity index (χ4n) is 6.17. The third kappa shape index (κ3) is 6.94. The minimum absolute atomic E-state index is 0.000479. The van der Waals surface area contributed by atoms with Crippen molar-refractivity contribution in [2.24, 2.45) is 5.11 Å². The van der Waals surface area contributed by atoms with Crippen molar-refractivity contribution in [1.29, 1.82) is 0 Å². The summed E-state index contributed by atoms with van der Waals surface area (Å²) in [5, 5.41) is 6.75. The van der Waals surface area contributed by atoms with E-state index in [0.717, 1.165) is 16.7 Å². The zero-order valence-corrected chi connectivity index (χ0v) is 27.8. The molecule has 12 nitrogen and oxygen atoms in total. The van der Waals surface area contributed by atoms with E-state index in [1.54, 1.807) is 51.6 Å². The van der Waals surface area contributed by atoms with Gasteiger partial charge in [0.1, 0.15) is 29.1 Å². The van der Waals surface area contributed by atoms with Gasteiger partial charge < -0.3 is 24.3 Å². The number of anilines is 1. The van der Waals surface area contributed by atoms with Crippen molar-refractivity contribution in [3.63, 3.8) is 0 Å². The Bertz CT molecular complexity index is 1980. The molecule has 0 bridgehead atoms. The number of azide groups is 1. The number of ether oxygens (including phenoxy) is 4. The number of hydrogen-bond donors (Lipinski definition) is 1. The number of nitrogens with one attached hydrogen (secondary N) is 1. The molecule has 0 saturated carbocycles. The van der Waals surface area contributed by atoms with Crippen LogP contribution >= 0.6 is 0 Å². The molecule has 0 spiro atoms. The second kappa shape index (κ2) is 15.1. The van der Waals surface area contributed by atoms with Crippen LogP contribution in [0.3, 0.4) is 0 Å². The molecule has 5 aromatic rings. The standard InChI is InChI=1S/C38H36N6O6/c1-25-23-44(37(46)41-35(25)40-36(45)26-10-6-4-7-11-26)34-22-32(42-43-39)33(50-34)24-49-38(27-12-8-5-9-13-27,28-14-18-30(47-2)19-15-28)29-16-20-31(48-3)21-17-29/h4-21,23,32-34H,22,24H2,1-3H3,(H,40,41,45,46)/t32-,33-,34-/m1/s1. The van der Waals surface area contributed by atoms with Gasteiger partial charge in [0, 0.05) is 28.7 Å². The Hall–Kier alpha value is -5.94. The molecule has 50 heavy (non-hydrogen) atoms. The Morgan fingerprint density at radius 2 is 1.48 bits per heavy atom. The number of methoxy groups -OCH3 is 2. The number of benzene rings is 4. The Morgan fingerprint density at radius 1 is 0.920 bits per heavy atom. The third-order valence-corrected chi connectivity index (χ3v) is 8.75. The van der Waals surface area contributed by atoms with Gasteiger partial charge in [-0.3, -0.25) is 9.36 Å². The molecule has 1 N–H and O–H groups in total. The van der Waals surface area contributed by atoms with Crippen LogP contribution in [0.5, 0.6) is 11.5 Å². The highest BCUT2D eigenvalue weighted by molar-refractivity contribution is 6.04. The first-order chi connectivity index (χ1) is 24.4. The number of nitrogens with zero attached hydrogens (tertiary/aromatic N) is 5. The first kappa shape index (κ1) is 33.9. The second-order valence-corrected chi connectivity index (χ2v) is 11.7. The number of hydrogen-bond acceptors (Lipinski definition) is 8. The van der Waals surface area contributed by atoms with Crippen LogP contribution in [-0.4, -0.2) is 48.4 Å². The van der Waals surface area contributed by atoms with Crippen molar-refractivity contribution in [1.82, 2.24) is 9.55 Å². The average Bonchev–Trinajstić information content (AvgIpc) is 3.56. The molecule has 254 valence electrons. The summed E-state index contributed by atoms with van der Waals surface area (Å²) < 4.78 is 25.7. The molecule has 0 unspecified atom stereocenters. The van der Waals surface area contributed by atoms with E-state index < -0.39 is 29.7 Å². The molecule has 2 heterocycles. The summed E-state index contributed by atoms with van der Waals surface area (Å²) in [6.45, 7) is 1.74. The largest absolute Gasteiger partial charge is 0.497 e. The number of amides is 1. The van der Waals surface area contributed by atoms with Crippen LogP contribution in [-0.2, 0) is 15.1 Å². The van der Waals surface area contributed by atoms with Gasteiger partial charge in [0.25, 0.3) is 5.91 Å². The fourth-order valence-corrected chi connectivity index (χ4v) is 6.17. The molecule has 1 aromatic heterocycles. The fraction of sp³-hybridized carbons (Fsp3) is 0.237. The monoisotopic (exact) mass is 672 g/mol. The summed E-state index contributed by atoms with van der Waals surface area (Å²) in [5.41, 5.74) is 11.2. The van der Waals surface area contributed by atoms with Crippen molar-refractivity contribution < 1.29 is 23.7 Å². The van der Waals surface area contributed by atoms with Crippen LogP contribution in [0.4, 0.5) is 5.82 Å². The summed E-state index contributed by atoms with van der Waals surface area (Å²) in [4.78, 5) is 33.3. The predicted octanol–water partition coefficient (Wildman–Crippen LogP) is 6.80. The van der Waals surface area contributed by atoms with Gasteiger partial charge in [-0.1, -0.05) is 77.9 Å². The van der Waals surface area contributed by atoms with Crippen LogP contribution in [0.25, 0.3) is 10.4 Å². The van der Waals surface area contributed by atoms with E-state index in [0.29, 0.717) is 22.6 Å². The summed E-state index contributed by atoms with van der Waals surface area (Å²) in [6, 6.07) is 33.1. The van der Waals surface area contributed by atoms with Crippen LogP contribution in [0, 0.1) is 6.92 Å². The molecule has 0 radical (unpaired) electrons. The molecule has 1 saturated heterocycles. The Balaban J connectivity index is 1.32. The molecule has 1 aliphatic heterocycles. The lowest BCUT2D eigenvalue weighted by Gasteiger charge is -2.37. The smallest absolute Gasteiger partial charge is 0.351 e. The Kier molecular flexibility index (Phi) is 10.2. The summed E-state index contributed by atoms with van der Waals surface area (Å²) >= 11 is 0. The molecule has 6 rings (SSSR count). The van der Waals surface area contributed by atoms with Crippen LogP contribution in [0.1, 0.15) is 45.3 Å². The summed E-state index contributed by atoms with van der Waals surface area (Å²) in [6.07, 6.45) is 0.267. The maximum atomic E-state index is 13.3. The molecule has 4 aromatic carbocycles. The maximum Gasteiger partial charge on any atom is 0.351 e. The number of rotatable bonds is 12. The number of aromatic nitrogens is 2. The van der Waals surface area contributed by atoms with Gasteiger partial charge in [-0.25, -0.2) is 4.79 Å². The number of carbonyl (C=O) groups excluding carboxylic acids is 1. The van der Waals surface area contributed by atoms with E-state index >= 15 is 0 Å². The Morgan fingerprint density at radius 3 is 2.04 bits per heavy atom. The van der Waals surface area contributed by atoms with E-state index in [4.69, 9.17) is 18.9 Å². The lowest BCUT2D eigenvalue weighted by atomic mass is 9.80. The van der Waals surface area contributed by atoms with Crippen molar-refractivity contribution in [2.45, 2.75) is 37.3 Å². The van der Waals surface area contributed by atoms with Gasteiger partial charge >= 0.3 is 5.69 Å². The highest BCUT2D eigenvalue weighted by atomic mass is 16.6. The van der Waals surface area contributed by atoms with Gasteiger partial charge in [-0.15, -0.1) is 0 Å². The van der Waals surface area contributed by atoms with Crippen molar-refractivity contribution in [2.75, 3.05) is 26.1 Å². The lowest BCUT2D eigenvalue weighted by molar-refractivity contribution is -0.0796. The van der Waals surface area contributed by atoms with Crippen LogP contribution in [0.15, 0.2) is 125 Å². The first-order valence-corrected chi connectivity index (χ1v) is 16.0. The zero-order valence-electron chi connectivity index (χ0n) is 27.8. The molecule has 3 atom stereocenters. The van der Waals surface area contributed by atoms with E-state index in [1.807, 2.05) is 84.9 Å². The molecule has 12 heteroatoms. The van der Waals surface area contributed by atoms with Crippen LogP contribution < -0.4 is 20.5 Å². The molecule has 1 fully saturated rings. The van der Waals surface area contributed by atoms with E-state index in [-0.39, 0.29) is 24.8 Å². The molecular formula is C38H36N6O6. The van der Waals surface area contributed by atoms with Gasteiger partial charge in [-0.2, -0.15) is 4.98 Å². The highest BCUT2D eigenvalue weighted by Crippen LogP contribution is 2.43. The van der Waals surface area contributed by atoms with Gasteiger partial charge in [0.2, 0.25) is 0 Å². The normalized spacial score (nSPS) is 17.1. The van der Waals surface area contributed by atoms with Gasteiger partial charge in [0.05, 0.1) is 33.0 Å². The Labute approximate surface area is 288 Å². The second-order valence-electron chi connectivity index (χ2n) is 11.7. The van der Waals surface area contributed by atoms with Crippen molar-refractivity contribution in [3.8, 4) is 11.5 Å². The summed E-state index contributed by atoms with van der Waals surface area (Å²) in [5.74, 6) is 1.15. The van der Waals surface area contributed by atoms with E-state index in [2.05, 4.69) is 20.3 Å². The van der Waals surface area contributed by atoms with Crippen LogP contribution in [0.2, 0.25) is 0 Å². The van der Waals surface area contributed by atoms with Gasteiger partial charge in [-0.05, 0) is 65.5 Å². The highest BCUT2D eigenvalue weighted by Gasteiger charge is 2.42. The zero-order chi connectivity index (χ0) is 35.1. The predicted molar refractivity (Wildman–Crippen MR) is 187 cm³/mol. The van der Waals surface area contributed by atoms with Crippen molar-refractivity contribution >= 4 is 11.7 Å². The first-order valence-electron chi connectivity index (χ1n) is 16.0. The maximum absolute atomic E-state index is 13.3. The number of aryl methyl sites for hydroxylation is 1. The van der Waals surface area contributed by atoms with Gasteiger partial charge in [0.15, 0.2) is 0 Å². The number of carbonyl (C=O) groups is 1.